The Morgan fingerprint density at radius 2 is 1.90 bits per heavy atom. The molecule has 8 unspecified atom stereocenters. The molecule has 0 aromatic rings. The molecule has 8 heteroatoms. The van der Waals surface area contributed by atoms with Crippen LogP contribution in [-0.4, -0.2) is 36.1 Å². The third-order valence-electron chi connectivity index (χ3n) is 8.74. The van der Waals surface area contributed by atoms with E-state index in [1.54, 1.807) is 6.92 Å². The van der Waals surface area contributed by atoms with Gasteiger partial charge in [0.15, 0.2) is 0 Å². The van der Waals surface area contributed by atoms with Gasteiger partial charge in [0.05, 0.1) is 12.2 Å². The molecule has 4 aliphatic rings. The molecule has 0 saturated heterocycles. The standard InChI is InChI=1S/C21H32O6S.Na/c1-12(22)15-4-5-16-14-11-19(23)18-10-13(27-28(24,25)26)6-8-21(18,3)17(14)7-9-20(15,16)2;/h7,13-16,18-19,23H,4-6,8-11H2,1-3H3,(H,24,25,26);/q;+1/p-1. The molecule has 8 atom stereocenters. The van der Waals surface area contributed by atoms with E-state index in [0.717, 1.165) is 19.3 Å². The Morgan fingerprint density at radius 1 is 1.21 bits per heavy atom. The van der Waals surface area contributed by atoms with Crippen molar-refractivity contribution in [1.29, 1.82) is 0 Å². The van der Waals surface area contributed by atoms with Gasteiger partial charge in [0.1, 0.15) is 5.78 Å². The zero-order valence-electron chi connectivity index (χ0n) is 17.9. The summed E-state index contributed by atoms with van der Waals surface area (Å²) >= 11 is 0. The van der Waals surface area contributed by atoms with E-state index >= 15 is 0 Å². The zero-order valence-corrected chi connectivity index (χ0v) is 20.7. The number of fused-ring (bicyclic) bond motifs is 5. The number of carbonyl (C=O) groups is 1. The molecule has 6 nitrogen and oxygen atoms in total. The Labute approximate surface area is 196 Å². The first kappa shape index (κ1) is 23.9. The predicted octanol–water partition coefficient (Wildman–Crippen LogP) is -0.0254. The summed E-state index contributed by atoms with van der Waals surface area (Å²) in [6.07, 6.45) is 6.22. The van der Waals surface area contributed by atoms with E-state index in [2.05, 4.69) is 19.9 Å². The summed E-state index contributed by atoms with van der Waals surface area (Å²) in [5.41, 5.74) is 1.16. The van der Waals surface area contributed by atoms with Crippen molar-refractivity contribution in [2.75, 3.05) is 0 Å². The van der Waals surface area contributed by atoms with E-state index in [9.17, 15) is 22.9 Å². The van der Waals surface area contributed by atoms with Gasteiger partial charge < -0.3 is 9.66 Å². The van der Waals surface area contributed by atoms with Gasteiger partial charge in [0.25, 0.3) is 0 Å². The fourth-order valence-electron chi connectivity index (χ4n) is 7.46. The van der Waals surface area contributed by atoms with Crippen molar-refractivity contribution < 1.29 is 56.6 Å². The van der Waals surface area contributed by atoms with Crippen LogP contribution in [0.1, 0.15) is 65.7 Å². The van der Waals surface area contributed by atoms with Crippen LogP contribution in [0.3, 0.4) is 0 Å². The normalized spacial score (nSPS) is 46.6. The number of aliphatic hydroxyl groups is 1. The van der Waals surface area contributed by atoms with E-state index in [4.69, 9.17) is 4.18 Å². The molecule has 0 radical (unpaired) electrons. The van der Waals surface area contributed by atoms with Gasteiger partial charge >= 0.3 is 29.6 Å². The van der Waals surface area contributed by atoms with Crippen LogP contribution in [0.25, 0.3) is 0 Å². The average molecular weight is 435 g/mol. The Hall–Kier alpha value is 0.240. The first-order chi connectivity index (χ1) is 13.0. The molecule has 4 rings (SSSR count). The molecule has 1 N–H and O–H groups in total. The molecule has 0 aromatic carbocycles. The first-order valence-corrected chi connectivity index (χ1v) is 11.8. The molecule has 4 aliphatic carbocycles. The molecule has 0 bridgehead atoms. The number of hydrogen-bond donors (Lipinski definition) is 1. The second-order valence-corrected chi connectivity index (χ2v) is 11.1. The summed E-state index contributed by atoms with van der Waals surface area (Å²) in [7, 11) is -4.73. The minimum atomic E-state index is -4.73. The van der Waals surface area contributed by atoms with Crippen molar-refractivity contribution >= 4 is 16.2 Å². The SMILES string of the molecule is CC(=O)C1CCC2C3CC(O)C4CC(OS(=O)(=O)[O-])CCC4(C)C3=CCC12C.[Na+]. The maximum absolute atomic E-state index is 12.2. The quantitative estimate of drug-likeness (QED) is 0.290. The van der Waals surface area contributed by atoms with Crippen LogP contribution in [0, 0.1) is 34.5 Å². The van der Waals surface area contributed by atoms with E-state index in [1.165, 1.54) is 5.57 Å². The second kappa shape index (κ2) is 7.98. The molecule has 0 heterocycles. The molecule has 29 heavy (non-hydrogen) atoms. The van der Waals surface area contributed by atoms with E-state index in [0.29, 0.717) is 31.6 Å². The summed E-state index contributed by atoms with van der Waals surface area (Å²) in [5, 5.41) is 11.0. The predicted molar refractivity (Wildman–Crippen MR) is 102 cm³/mol. The zero-order chi connectivity index (χ0) is 20.5. The summed E-state index contributed by atoms with van der Waals surface area (Å²) < 4.78 is 37.8. The van der Waals surface area contributed by atoms with Crippen LogP contribution in [0.4, 0.5) is 0 Å². The molecule has 3 saturated carbocycles. The van der Waals surface area contributed by atoms with E-state index < -0.39 is 22.6 Å². The monoisotopic (exact) mass is 434 g/mol. The van der Waals surface area contributed by atoms with Crippen LogP contribution in [0.15, 0.2) is 11.6 Å². The van der Waals surface area contributed by atoms with Crippen molar-refractivity contribution in [3.05, 3.63) is 11.6 Å². The maximum atomic E-state index is 12.2. The Balaban J connectivity index is 0.00000240. The second-order valence-electron chi connectivity index (χ2n) is 10.1. The fourth-order valence-corrected chi connectivity index (χ4v) is 7.97. The largest absolute Gasteiger partial charge is 1.00 e. The summed E-state index contributed by atoms with van der Waals surface area (Å²) in [6.45, 7) is 6.13. The molecule has 0 aliphatic heterocycles. The summed E-state index contributed by atoms with van der Waals surface area (Å²) in [5.74, 6) is 0.956. The Kier molecular flexibility index (Phi) is 6.58. The Bertz CT molecular complexity index is 810. The smallest absolute Gasteiger partial charge is 0.726 e. The molecular weight excluding hydrogens is 403 g/mol. The summed E-state index contributed by atoms with van der Waals surface area (Å²) in [6, 6.07) is 0. The average Bonchev–Trinajstić information content (AvgIpc) is 2.92. The van der Waals surface area contributed by atoms with Gasteiger partial charge in [-0.25, -0.2) is 8.42 Å². The first-order valence-electron chi connectivity index (χ1n) is 10.5. The van der Waals surface area contributed by atoms with Gasteiger partial charge in [-0.15, -0.1) is 0 Å². The van der Waals surface area contributed by atoms with Crippen LogP contribution < -0.4 is 29.6 Å². The van der Waals surface area contributed by atoms with Crippen molar-refractivity contribution in [3.8, 4) is 0 Å². The topological polar surface area (TPSA) is 104 Å². The number of allylic oxidation sites excluding steroid dienone is 2. The molecule has 0 amide bonds. The van der Waals surface area contributed by atoms with Gasteiger partial charge in [0.2, 0.25) is 10.4 Å². The Morgan fingerprint density at radius 3 is 2.52 bits per heavy atom. The van der Waals surface area contributed by atoms with Crippen molar-refractivity contribution in [2.45, 2.75) is 77.9 Å². The van der Waals surface area contributed by atoms with Gasteiger partial charge in [-0.1, -0.05) is 25.5 Å². The molecular formula is C21H31NaO6S. The number of rotatable bonds is 3. The van der Waals surface area contributed by atoms with Gasteiger partial charge in [-0.05, 0) is 80.5 Å². The van der Waals surface area contributed by atoms with Gasteiger partial charge in [-0.3, -0.25) is 8.98 Å². The number of hydrogen-bond acceptors (Lipinski definition) is 6. The third-order valence-corrected chi connectivity index (χ3v) is 9.25. The number of Topliss-reactive ketones (excluding diaryl/α,β-unsaturated/α-hetero) is 1. The molecule has 158 valence electrons. The molecule has 0 aromatic heterocycles. The van der Waals surface area contributed by atoms with Gasteiger partial charge in [0, 0.05) is 5.92 Å². The van der Waals surface area contributed by atoms with Crippen molar-refractivity contribution in [3.63, 3.8) is 0 Å². The minimum absolute atomic E-state index is 0. The number of ketones is 1. The molecule has 3 fully saturated rings. The minimum Gasteiger partial charge on any atom is -0.726 e. The number of aliphatic hydroxyl groups excluding tert-OH is 1. The van der Waals surface area contributed by atoms with Crippen LogP contribution in [0.5, 0.6) is 0 Å². The third kappa shape index (κ3) is 3.94. The molecule has 0 spiro atoms. The van der Waals surface area contributed by atoms with Gasteiger partial charge in [-0.2, -0.15) is 0 Å². The van der Waals surface area contributed by atoms with Crippen LogP contribution in [0.2, 0.25) is 0 Å². The fraction of sp³-hybridized carbons (Fsp3) is 0.857. The number of carbonyl (C=O) groups excluding carboxylic acids is 1. The van der Waals surface area contributed by atoms with E-state index in [-0.39, 0.29) is 63.9 Å². The maximum Gasteiger partial charge on any atom is 1.00 e. The van der Waals surface area contributed by atoms with Crippen LogP contribution >= 0.6 is 0 Å². The van der Waals surface area contributed by atoms with Crippen molar-refractivity contribution in [1.82, 2.24) is 0 Å². The van der Waals surface area contributed by atoms with Crippen molar-refractivity contribution in [2.24, 2.45) is 34.5 Å². The van der Waals surface area contributed by atoms with Crippen LogP contribution in [-0.2, 0) is 19.4 Å². The van der Waals surface area contributed by atoms with E-state index in [1.807, 2.05) is 0 Å². The summed E-state index contributed by atoms with van der Waals surface area (Å²) in [4.78, 5) is 12.2.